The minimum atomic E-state index is 1.02. The summed E-state index contributed by atoms with van der Waals surface area (Å²) in [6, 6.07) is 10.7. The molecule has 102 valence electrons. The molecule has 1 N–H and O–H groups in total. The largest absolute Gasteiger partial charge is 0.319 e. The van der Waals surface area contributed by atoms with Crippen LogP contribution in [0.25, 0.3) is 10.9 Å². The fraction of sp³-hybridized carbons (Fsp3) is 0.438. The van der Waals surface area contributed by atoms with Gasteiger partial charge in [0.25, 0.3) is 0 Å². The van der Waals surface area contributed by atoms with Crippen LogP contribution in [-0.4, -0.2) is 24.3 Å². The minimum absolute atomic E-state index is 1.02. The number of fused-ring (bicyclic) bond motifs is 1. The van der Waals surface area contributed by atoms with Crippen molar-refractivity contribution in [3.05, 3.63) is 35.9 Å². The maximum atomic E-state index is 4.84. The molecule has 0 fully saturated rings. The topological polar surface area (TPSA) is 24.9 Å². The first-order chi connectivity index (χ1) is 9.35. The molecule has 0 spiro atoms. The summed E-state index contributed by atoms with van der Waals surface area (Å²) >= 11 is 1.86. The van der Waals surface area contributed by atoms with E-state index in [0.717, 1.165) is 24.2 Å². The van der Waals surface area contributed by atoms with Crippen molar-refractivity contribution in [2.75, 3.05) is 19.3 Å². The Kier molecular flexibility index (Phi) is 5.67. The lowest BCUT2D eigenvalue weighted by Gasteiger charge is -2.10. The Balaban J connectivity index is 2.27. The molecule has 0 aliphatic rings. The molecule has 0 amide bonds. The number of nitrogens with zero attached hydrogens (tertiary/aromatic N) is 1. The summed E-state index contributed by atoms with van der Waals surface area (Å²) in [6.45, 7) is 3.26. The van der Waals surface area contributed by atoms with E-state index in [2.05, 4.69) is 42.6 Å². The third-order valence-electron chi connectivity index (χ3n) is 3.15. The van der Waals surface area contributed by atoms with Gasteiger partial charge in [0.1, 0.15) is 0 Å². The molecule has 2 aromatic rings. The zero-order chi connectivity index (χ0) is 13.5. The molecule has 19 heavy (non-hydrogen) atoms. The third-order valence-corrected chi connectivity index (χ3v) is 4.19. The first kappa shape index (κ1) is 14.4. The number of hydrogen-bond acceptors (Lipinski definition) is 3. The Morgan fingerprint density at radius 2 is 2.11 bits per heavy atom. The van der Waals surface area contributed by atoms with Crippen molar-refractivity contribution in [2.45, 2.75) is 31.2 Å². The molecule has 0 saturated heterocycles. The van der Waals surface area contributed by atoms with Gasteiger partial charge in [0.05, 0.1) is 10.5 Å². The van der Waals surface area contributed by atoms with E-state index in [0.29, 0.717) is 0 Å². The zero-order valence-electron chi connectivity index (χ0n) is 11.8. The van der Waals surface area contributed by atoms with Gasteiger partial charge in [-0.25, -0.2) is 4.98 Å². The summed E-state index contributed by atoms with van der Waals surface area (Å²) in [7, 11) is 1.99. The molecule has 1 aromatic carbocycles. The molecule has 0 atom stereocenters. The number of unbranched alkanes of at least 4 members (excludes halogenated alkanes) is 1. The Hall–Kier alpha value is -1.06. The fourth-order valence-electron chi connectivity index (χ4n) is 2.06. The monoisotopic (exact) mass is 274 g/mol. The second-order valence-corrected chi connectivity index (χ2v) is 5.78. The molecule has 0 unspecified atom stereocenters. The number of thioether (sulfide) groups is 1. The number of para-hydroxylation sites is 1. The van der Waals surface area contributed by atoms with Crippen LogP contribution in [0.1, 0.15) is 25.3 Å². The van der Waals surface area contributed by atoms with Crippen molar-refractivity contribution in [3.8, 4) is 0 Å². The molecule has 0 aliphatic carbocycles. The molecule has 0 aliphatic heterocycles. The number of hydrogen-bond donors (Lipinski definition) is 1. The Morgan fingerprint density at radius 1 is 1.26 bits per heavy atom. The molecule has 1 aromatic heterocycles. The molecule has 0 radical (unpaired) electrons. The van der Waals surface area contributed by atoms with Crippen LogP contribution in [0.2, 0.25) is 0 Å². The quantitative estimate of drug-likeness (QED) is 0.612. The van der Waals surface area contributed by atoms with Gasteiger partial charge in [-0.15, -0.1) is 11.8 Å². The summed E-state index contributed by atoms with van der Waals surface area (Å²) < 4.78 is 0. The fourth-order valence-corrected chi connectivity index (χ4v) is 3.07. The number of benzene rings is 1. The summed E-state index contributed by atoms with van der Waals surface area (Å²) in [6.07, 6.45) is 3.60. The van der Waals surface area contributed by atoms with Gasteiger partial charge in [-0.1, -0.05) is 31.5 Å². The smallest absolute Gasteiger partial charge is 0.1000 e. The third kappa shape index (κ3) is 3.95. The lowest BCUT2D eigenvalue weighted by molar-refractivity contribution is 0.778. The van der Waals surface area contributed by atoms with Crippen LogP contribution in [-0.2, 0) is 6.42 Å². The van der Waals surface area contributed by atoms with Crippen molar-refractivity contribution < 1.29 is 0 Å². The van der Waals surface area contributed by atoms with Crippen LogP contribution in [0.5, 0.6) is 0 Å². The Bertz CT molecular complexity index is 525. The van der Waals surface area contributed by atoms with E-state index < -0.39 is 0 Å². The molecule has 2 nitrogen and oxygen atoms in total. The van der Waals surface area contributed by atoms with Crippen LogP contribution in [0.4, 0.5) is 0 Å². The Labute approximate surface area is 120 Å². The first-order valence-corrected chi connectivity index (χ1v) is 7.99. The van der Waals surface area contributed by atoms with Gasteiger partial charge in [-0.05, 0) is 37.6 Å². The van der Waals surface area contributed by atoms with Crippen LogP contribution in [0.15, 0.2) is 35.4 Å². The average molecular weight is 274 g/mol. The highest BCUT2D eigenvalue weighted by molar-refractivity contribution is 7.99. The van der Waals surface area contributed by atoms with Crippen LogP contribution >= 0.6 is 11.8 Å². The van der Waals surface area contributed by atoms with Crippen LogP contribution < -0.4 is 5.32 Å². The van der Waals surface area contributed by atoms with E-state index in [4.69, 9.17) is 4.98 Å². The molecule has 0 saturated carbocycles. The van der Waals surface area contributed by atoms with E-state index in [1.54, 1.807) is 0 Å². The number of aryl methyl sites for hydroxylation is 1. The highest BCUT2D eigenvalue weighted by atomic mass is 32.2. The Morgan fingerprint density at radius 3 is 2.89 bits per heavy atom. The first-order valence-electron chi connectivity index (χ1n) is 7.01. The second-order valence-electron chi connectivity index (χ2n) is 4.70. The van der Waals surface area contributed by atoms with E-state index in [1.807, 2.05) is 18.8 Å². The van der Waals surface area contributed by atoms with Gasteiger partial charge in [-0.2, -0.15) is 0 Å². The van der Waals surface area contributed by atoms with Crippen molar-refractivity contribution in [1.82, 2.24) is 10.3 Å². The molecule has 0 bridgehead atoms. The lowest BCUT2D eigenvalue weighted by atomic mass is 10.1. The number of nitrogens with one attached hydrogen (secondary N) is 1. The van der Waals surface area contributed by atoms with Gasteiger partial charge >= 0.3 is 0 Å². The SMILES string of the molecule is CCCCc1cc2ccccc2nc1SCCNC. The van der Waals surface area contributed by atoms with Gasteiger partial charge < -0.3 is 5.32 Å². The highest BCUT2D eigenvalue weighted by Crippen LogP contribution is 2.26. The maximum absolute atomic E-state index is 4.84. The normalized spacial score (nSPS) is 11.1. The van der Waals surface area contributed by atoms with E-state index >= 15 is 0 Å². The predicted molar refractivity (Wildman–Crippen MR) is 85.0 cm³/mol. The maximum Gasteiger partial charge on any atom is 0.1000 e. The molecule has 1 heterocycles. The lowest BCUT2D eigenvalue weighted by Crippen LogP contribution is -2.10. The summed E-state index contributed by atoms with van der Waals surface area (Å²) in [5, 5.41) is 5.66. The van der Waals surface area contributed by atoms with Gasteiger partial charge in [-0.3, -0.25) is 0 Å². The molecular formula is C16H22N2S. The van der Waals surface area contributed by atoms with E-state index in [1.165, 1.54) is 28.8 Å². The number of aromatic nitrogens is 1. The average Bonchev–Trinajstić information content (AvgIpc) is 2.45. The second kappa shape index (κ2) is 7.51. The van der Waals surface area contributed by atoms with Crippen molar-refractivity contribution in [3.63, 3.8) is 0 Å². The van der Waals surface area contributed by atoms with Gasteiger partial charge in [0, 0.05) is 17.7 Å². The van der Waals surface area contributed by atoms with Crippen molar-refractivity contribution in [2.24, 2.45) is 0 Å². The summed E-state index contributed by atoms with van der Waals surface area (Å²) in [5.74, 6) is 1.07. The van der Waals surface area contributed by atoms with E-state index in [-0.39, 0.29) is 0 Å². The molecule has 3 heteroatoms. The molecule has 2 rings (SSSR count). The minimum Gasteiger partial charge on any atom is -0.319 e. The number of pyridine rings is 1. The summed E-state index contributed by atoms with van der Waals surface area (Å²) in [4.78, 5) is 4.84. The highest BCUT2D eigenvalue weighted by Gasteiger charge is 2.07. The van der Waals surface area contributed by atoms with Crippen molar-refractivity contribution >= 4 is 22.7 Å². The van der Waals surface area contributed by atoms with Crippen molar-refractivity contribution in [1.29, 1.82) is 0 Å². The van der Waals surface area contributed by atoms with Crippen LogP contribution in [0, 0.1) is 0 Å². The number of rotatable bonds is 7. The molecular weight excluding hydrogens is 252 g/mol. The predicted octanol–water partition coefficient (Wildman–Crippen LogP) is 3.89. The van der Waals surface area contributed by atoms with Gasteiger partial charge in [0.2, 0.25) is 0 Å². The standard InChI is InChI=1S/C16H22N2S/c1-3-4-7-14-12-13-8-5-6-9-15(13)18-16(14)19-11-10-17-2/h5-6,8-9,12,17H,3-4,7,10-11H2,1-2H3. The van der Waals surface area contributed by atoms with Crippen LogP contribution in [0.3, 0.4) is 0 Å². The van der Waals surface area contributed by atoms with Gasteiger partial charge in [0.15, 0.2) is 0 Å². The zero-order valence-corrected chi connectivity index (χ0v) is 12.6. The van der Waals surface area contributed by atoms with E-state index in [9.17, 15) is 0 Å². The summed E-state index contributed by atoms with van der Waals surface area (Å²) in [5.41, 5.74) is 2.51.